The van der Waals surface area contributed by atoms with Gasteiger partial charge < -0.3 is 14.8 Å². The van der Waals surface area contributed by atoms with E-state index in [2.05, 4.69) is 23.3 Å². The highest BCUT2D eigenvalue weighted by Gasteiger charge is 2.22. The number of hydrogen-bond acceptors (Lipinski definition) is 4. The van der Waals surface area contributed by atoms with Gasteiger partial charge >= 0.3 is 0 Å². The van der Waals surface area contributed by atoms with Crippen molar-refractivity contribution in [1.82, 2.24) is 10.3 Å². The highest BCUT2D eigenvalue weighted by Crippen LogP contribution is 2.35. The summed E-state index contributed by atoms with van der Waals surface area (Å²) in [5, 5.41) is 3.40. The zero-order valence-electron chi connectivity index (χ0n) is 14.3. The van der Waals surface area contributed by atoms with Crippen LogP contribution < -0.4 is 14.8 Å². The Morgan fingerprint density at radius 3 is 2.96 bits per heavy atom. The van der Waals surface area contributed by atoms with Crippen LogP contribution in [-0.2, 0) is 13.0 Å². The van der Waals surface area contributed by atoms with Gasteiger partial charge in [-0.2, -0.15) is 0 Å². The number of halogens is 1. The van der Waals surface area contributed by atoms with Crippen LogP contribution in [0.5, 0.6) is 11.5 Å². The lowest BCUT2D eigenvalue weighted by molar-refractivity contribution is 0.254. The molecule has 0 bridgehead atoms. The van der Waals surface area contributed by atoms with Crippen LogP contribution in [0.4, 0.5) is 4.39 Å². The highest BCUT2D eigenvalue weighted by molar-refractivity contribution is 5.48. The minimum Gasteiger partial charge on any atom is -0.494 e. The van der Waals surface area contributed by atoms with Crippen LogP contribution in [0.1, 0.15) is 43.5 Å². The van der Waals surface area contributed by atoms with E-state index in [1.807, 2.05) is 19.9 Å². The summed E-state index contributed by atoms with van der Waals surface area (Å²) in [6.45, 7) is 7.26. The molecule has 4 nitrogen and oxygen atoms in total. The molecule has 1 aliphatic rings. The van der Waals surface area contributed by atoms with Gasteiger partial charge in [0.25, 0.3) is 0 Å². The van der Waals surface area contributed by atoms with Crippen molar-refractivity contribution in [3.8, 4) is 11.5 Å². The second-order valence-corrected chi connectivity index (χ2v) is 6.17. The molecule has 1 aromatic carbocycles. The molecular formula is C19H23FN2O2. The van der Waals surface area contributed by atoms with Crippen molar-refractivity contribution >= 4 is 0 Å². The summed E-state index contributed by atoms with van der Waals surface area (Å²) >= 11 is 0. The number of nitrogens with zero attached hydrogens (tertiary/aromatic N) is 1. The molecule has 128 valence electrons. The fraction of sp³-hybridized carbons (Fsp3) is 0.421. The van der Waals surface area contributed by atoms with Gasteiger partial charge in [-0.25, -0.2) is 4.39 Å². The van der Waals surface area contributed by atoms with Crippen molar-refractivity contribution in [1.29, 1.82) is 0 Å². The number of rotatable bonds is 6. The zero-order valence-corrected chi connectivity index (χ0v) is 14.3. The van der Waals surface area contributed by atoms with Gasteiger partial charge in [-0.05, 0) is 44.5 Å². The maximum atomic E-state index is 13.3. The molecule has 0 unspecified atom stereocenters. The first-order valence-corrected chi connectivity index (χ1v) is 8.36. The van der Waals surface area contributed by atoms with Gasteiger partial charge in [-0.3, -0.25) is 4.98 Å². The Balaban J connectivity index is 1.75. The Labute approximate surface area is 142 Å². The molecule has 0 spiro atoms. The minimum absolute atomic E-state index is 0.0178. The fourth-order valence-corrected chi connectivity index (χ4v) is 2.96. The molecule has 0 radical (unpaired) electrons. The number of pyridine rings is 1. The molecular weight excluding hydrogens is 307 g/mol. The Morgan fingerprint density at radius 1 is 1.38 bits per heavy atom. The Hall–Kier alpha value is -2.14. The van der Waals surface area contributed by atoms with Crippen molar-refractivity contribution in [3.63, 3.8) is 0 Å². The lowest BCUT2D eigenvalue weighted by Gasteiger charge is -2.17. The molecule has 2 aromatic rings. The Kier molecular flexibility index (Phi) is 5.00. The average molecular weight is 330 g/mol. The summed E-state index contributed by atoms with van der Waals surface area (Å²) in [6, 6.07) is 5.61. The van der Waals surface area contributed by atoms with E-state index in [-0.39, 0.29) is 18.0 Å². The molecule has 0 fully saturated rings. The molecule has 0 aliphatic carbocycles. The molecule has 0 saturated carbocycles. The van der Waals surface area contributed by atoms with Crippen LogP contribution in [0.15, 0.2) is 30.6 Å². The van der Waals surface area contributed by atoms with Crippen LogP contribution in [0.3, 0.4) is 0 Å². The normalized spacial score (nSPS) is 17.2. The van der Waals surface area contributed by atoms with Gasteiger partial charge in [0, 0.05) is 36.3 Å². The van der Waals surface area contributed by atoms with Crippen molar-refractivity contribution < 1.29 is 13.9 Å². The molecule has 2 atom stereocenters. The Bertz CT molecular complexity index is 721. The number of hydrogen-bond donors (Lipinski definition) is 1. The van der Waals surface area contributed by atoms with Crippen LogP contribution in [0.2, 0.25) is 0 Å². The second-order valence-electron chi connectivity index (χ2n) is 6.17. The van der Waals surface area contributed by atoms with E-state index < -0.39 is 0 Å². The lowest BCUT2D eigenvalue weighted by Crippen LogP contribution is -2.19. The van der Waals surface area contributed by atoms with Gasteiger partial charge in [0.15, 0.2) is 0 Å². The standard InChI is InChI=1S/C19H23FN2O2/c1-4-23-18-7-14-5-12(2)24-19(14)8-16(18)10-22-13(3)15-6-17(20)11-21-9-15/h6-9,11-13,22H,4-5,10H2,1-3H3/t12-,13+/m0/s1. The predicted molar refractivity (Wildman–Crippen MR) is 90.9 cm³/mol. The van der Waals surface area contributed by atoms with Crippen LogP contribution in [-0.4, -0.2) is 17.7 Å². The third-order valence-electron chi connectivity index (χ3n) is 4.20. The smallest absolute Gasteiger partial charge is 0.141 e. The molecule has 5 heteroatoms. The topological polar surface area (TPSA) is 43.4 Å². The number of fused-ring (bicyclic) bond motifs is 1. The largest absolute Gasteiger partial charge is 0.494 e. The number of aromatic nitrogens is 1. The van der Waals surface area contributed by atoms with Gasteiger partial charge in [0.1, 0.15) is 23.4 Å². The molecule has 3 rings (SSSR count). The first-order chi connectivity index (χ1) is 11.6. The summed E-state index contributed by atoms with van der Waals surface area (Å²) in [5.74, 6) is 1.49. The van der Waals surface area contributed by atoms with E-state index in [1.54, 1.807) is 6.20 Å². The van der Waals surface area contributed by atoms with Crippen molar-refractivity contribution in [2.24, 2.45) is 0 Å². The molecule has 2 heterocycles. The molecule has 0 amide bonds. The third-order valence-corrected chi connectivity index (χ3v) is 4.20. The van der Waals surface area contributed by atoms with Crippen molar-refractivity contribution in [2.45, 2.75) is 45.9 Å². The zero-order chi connectivity index (χ0) is 17.1. The van der Waals surface area contributed by atoms with E-state index in [4.69, 9.17) is 9.47 Å². The predicted octanol–water partition coefficient (Wildman–Crippen LogP) is 3.79. The maximum Gasteiger partial charge on any atom is 0.141 e. The first-order valence-electron chi connectivity index (χ1n) is 8.36. The molecule has 24 heavy (non-hydrogen) atoms. The SMILES string of the molecule is CCOc1cc2c(cc1CN[C@H](C)c1cncc(F)c1)O[C@@H](C)C2. The summed E-state index contributed by atoms with van der Waals surface area (Å²) in [5.41, 5.74) is 3.05. The van der Waals surface area contributed by atoms with Crippen LogP contribution >= 0.6 is 0 Å². The maximum absolute atomic E-state index is 13.3. The van der Waals surface area contributed by atoms with Gasteiger partial charge in [0.05, 0.1) is 12.8 Å². The summed E-state index contributed by atoms with van der Waals surface area (Å²) in [4.78, 5) is 3.90. The van der Waals surface area contributed by atoms with Gasteiger partial charge in [-0.1, -0.05) is 0 Å². The van der Waals surface area contributed by atoms with Gasteiger partial charge in [-0.15, -0.1) is 0 Å². The summed E-state index contributed by atoms with van der Waals surface area (Å²) in [6.07, 6.45) is 4.00. The minimum atomic E-state index is -0.323. The van der Waals surface area contributed by atoms with Gasteiger partial charge in [0.2, 0.25) is 0 Å². The lowest BCUT2D eigenvalue weighted by atomic mass is 10.1. The van der Waals surface area contributed by atoms with Crippen molar-refractivity contribution in [2.75, 3.05) is 6.61 Å². The molecule has 1 aromatic heterocycles. The van der Waals surface area contributed by atoms with Crippen LogP contribution in [0, 0.1) is 5.82 Å². The van der Waals surface area contributed by atoms with E-state index in [0.717, 1.165) is 29.0 Å². The number of benzene rings is 1. The fourth-order valence-electron chi connectivity index (χ4n) is 2.96. The average Bonchev–Trinajstić information content (AvgIpc) is 2.91. The molecule has 0 saturated heterocycles. The van der Waals surface area contributed by atoms with E-state index in [9.17, 15) is 4.39 Å². The molecule has 1 N–H and O–H groups in total. The highest BCUT2D eigenvalue weighted by atomic mass is 19.1. The second kappa shape index (κ2) is 7.18. The first kappa shape index (κ1) is 16.7. The quantitative estimate of drug-likeness (QED) is 0.875. The Morgan fingerprint density at radius 2 is 2.21 bits per heavy atom. The van der Waals surface area contributed by atoms with E-state index in [1.165, 1.54) is 17.8 Å². The monoisotopic (exact) mass is 330 g/mol. The number of ether oxygens (including phenoxy) is 2. The summed E-state index contributed by atoms with van der Waals surface area (Å²) in [7, 11) is 0. The van der Waals surface area contributed by atoms with E-state index >= 15 is 0 Å². The van der Waals surface area contributed by atoms with Crippen LogP contribution in [0.25, 0.3) is 0 Å². The number of nitrogens with one attached hydrogen (secondary N) is 1. The molecule has 1 aliphatic heterocycles. The van der Waals surface area contributed by atoms with Crippen molar-refractivity contribution in [3.05, 3.63) is 53.1 Å². The third kappa shape index (κ3) is 3.67. The van der Waals surface area contributed by atoms with E-state index in [0.29, 0.717) is 13.2 Å². The summed E-state index contributed by atoms with van der Waals surface area (Å²) < 4.78 is 24.9.